The van der Waals surface area contributed by atoms with Gasteiger partial charge in [0.05, 0.1) is 6.61 Å². The molecule has 0 bridgehead atoms. The molecule has 0 saturated heterocycles. The lowest BCUT2D eigenvalue weighted by atomic mass is 9.97. The number of ether oxygens (including phenoxy) is 1. The fraction of sp³-hybridized carbons (Fsp3) is 0.500. The Morgan fingerprint density at radius 2 is 2.00 bits per heavy atom. The van der Waals surface area contributed by atoms with Crippen molar-refractivity contribution in [3.63, 3.8) is 0 Å². The van der Waals surface area contributed by atoms with E-state index in [4.69, 9.17) is 4.74 Å². The van der Waals surface area contributed by atoms with E-state index in [-0.39, 0.29) is 12.5 Å². The summed E-state index contributed by atoms with van der Waals surface area (Å²) in [6, 6.07) is 10.1. The average molecular weight is 194 g/mol. The Morgan fingerprint density at radius 3 is 2.57 bits per heavy atom. The number of hydrogen-bond acceptors (Lipinski definition) is 2. The Kier molecular flexibility index (Phi) is 5.27. The second-order valence-electron chi connectivity index (χ2n) is 3.28. The summed E-state index contributed by atoms with van der Waals surface area (Å²) in [6.07, 6.45) is 0.883. The summed E-state index contributed by atoms with van der Waals surface area (Å²) in [5, 5.41) is 9.22. The van der Waals surface area contributed by atoms with Gasteiger partial charge in [-0.2, -0.15) is 0 Å². The van der Waals surface area contributed by atoms with E-state index in [9.17, 15) is 5.11 Å². The maximum atomic E-state index is 9.22. The lowest BCUT2D eigenvalue weighted by Gasteiger charge is -2.13. The Morgan fingerprint density at radius 1 is 1.29 bits per heavy atom. The van der Waals surface area contributed by atoms with E-state index in [1.807, 2.05) is 37.3 Å². The number of aliphatic hydroxyl groups is 1. The predicted octanol–water partition coefficient (Wildman–Crippen LogP) is 2.19. The molecule has 0 aliphatic carbocycles. The molecule has 0 amide bonds. The molecule has 0 saturated carbocycles. The Bertz CT molecular complexity index is 233. The first-order valence-electron chi connectivity index (χ1n) is 5.12. The van der Waals surface area contributed by atoms with Crippen molar-refractivity contribution in [3.05, 3.63) is 35.9 Å². The minimum absolute atomic E-state index is 0.192. The number of benzene rings is 1. The Labute approximate surface area is 85.5 Å². The minimum Gasteiger partial charge on any atom is -0.396 e. The van der Waals surface area contributed by atoms with Crippen LogP contribution in [0.15, 0.2) is 30.3 Å². The second kappa shape index (κ2) is 6.57. The normalized spacial score (nSPS) is 12.7. The minimum atomic E-state index is 0.192. The fourth-order valence-electron chi connectivity index (χ4n) is 1.46. The third-order valence-electron chi connectivity index (χ3n) is 2.31. The van der Waals surface area contributed by atoms with Crippen LogP contribution >= 0.6 is 0 Å². The molecule has 0 aliphatic rings. The van der Waals surface area contributed by atoms with Gasteiger partial charge in [-0.1, -0.05) is 30.3 Å². The molecule has 1 unspecified atom stereocenters. The molecule has 14 heavy (non-hydrogen) atoms. The van der Waals surface area contributed by atoms with Crippen LogP contribution in [-0.4, -0.2) is 24.9 Å². The summed E-state index contributed by atoms with van der Waals surface area (Å²) in [7, 11) is 0. The smallest absolute Gasteiger partial charge is 0.0500 e. The lowest BCUT2D eigenvalue weighted by molar-refractivity contribution is 0.130. The number of aliphatic hydroxyl groups excluding tert-OH is 1. The molecular weight excluding hydrogens is 176 g/mol. The molecule has 0 aliphatic heterocycles. The molecule has 2 heteroatoms. The molecule has 0 heterocycles. The summed E-state index contributed by atoms with van der Waals surface area (Å²) in [5.41, 5.74) is 1.19. The molecular formula is C12H18O2. The summed E-state index contributed by atoms with van der Waals surface area (Å²) in [4.78, 5) is 0. The van der Waals surface area contributed by atoms with Crippen molar-refractivity contribution < 1.29 is 9.84 Å². The largest absolute Gasteiger partial charge is 0.396 e. The van der Waals surface area contributed by atoms with Gasteiger partial charge >= 0.3 is 0 Å². The van der Waals surface area contributed by atoms with Gasteiger partial charge < -0.3 is 9.84 Å². The van der Waals surface area contributed by atoms with Gasteiger partial charge in [-0.05, 0) is 18.9 Å². The highest BCUT2D eigenvalue weighted by molar-refractivity contribution is 5.19. The van der Waals surface area contributed by atoms with Crippen LogP contribution in [0.2, 0.25) is 0 Å². The van der Waals surface area contributed by atoms with E-state index in [0.717, 1.165) is 19.6 Å². The van der Waals surface area contributed by atoms with Crippen LogP contribution in [0, 0.1) is 0 Å². The molecule has 78 valence electrons. The van der Waals surface area contributed by atoms with Gasteiger partial charge in [-0.3, -0.25) is 0 Å². The van der Waals surface area contributed by atoms with E-state index in [1.54, 1.807) is 0 Å². The van der Waals surface area contributed by atoms with Gasteiger partial charge in [0.15, 0.2) is 0 Å². The van der Waals surface area contributed by atoms with Crippen molar-refractivity contribution in [2.45, 2.75) is 19.3 Å². The van der Waals surface area contributed by atoms with E-state index in [1.165, 1.54) is 5.56 Å². The molecule has 1 atom stereocenters. The van der Waals surface area contributed by atoms with Crippen molar-refractivity contribution in [1.29, 1.82) is 0 Å². The Hall–Kier alpha value is -0.860. The molecule has 0 aromatic heterocycles. The quantitative estimate of drug-likeness (QED) is 0.703. The fourth-order valence-corrected chi connectivity index (χ4v) is 1.46. The average Bonchev–Trinajstić information content (AvgIpc) is 2.26. The van der Waals surface area contributed by atoms with Crippen LogP contribution in [0.5, 0.6) is 0 Å². The van der Waals surface area contributed by atoms with Crippen LogP contribution in [0.4, 0.5) is 0 Å². The number of hydrogen-bond donors (Lipinski definition) is 1. The van der Waals surface area contributed by atoms with Crippen LogP contribution < -0.4 is 0 Å². The van der Waals surface area contributed by atoms with Crippen molar-refractivity contribution in [1.82, 2.24) is 0 Å². The molecule has 1 aromatic carbocycles. The third kappa shape index (κ3) is 3.48. The number of rotatable bonds is 6. The van der Waals surface area contributed by atoms with Crippen LogP contribution in [0.3, 0.4) is 0 Å². The standard InChI is InChI=1S/C12H18O2/c1-2-14-9-8-12(10-13)11-6-4-3-5-7-11/h3-7,12-13H,2,8-10H2,1H3. The monoisotopic (exact) mass is 194 g/mol. The molecule has 0 spiro atoms. The van der Waals surface area contributed by atoms with E-state index in [0.29, 0.717) is 0 Å². The maximum Gasteiger partial charge on any atom is 0.0500 e. The third-order valence-corrected chi connectivity index (χ3v) is 2.31. The highest BCUT2D eigenvalue weighted by Gasteiger charge is 2.08. The van der Waals surface area contributed by atoms with E-state index < -0.39 is 0 Å². The van der Waals surface area contributed by atoms with Gasteiger partial charge in [-0.15, -0.1) is 0 Å². The second-order valence-corrected chi connectivity index (χ2v) is 3.28. The van der Waals surface area contributed by atoms with Gasteiger partial charge in [0.25, 0.3) is 0 Å². The molecule has 2 nitrogen and oxygen atoms in total. The van der Waals surface area contributed by atoms with E-state index in [2.05, 4.69) is 0 Å². The van der Waals surface area contributed by atoms with E-state index >= 15 is 0 Å². The van der Waals surface area contributed by atoms with Crippen molar-refractivity contribution in [2.24, 2.45) is 0 Å². The zero-order chi connectivity index (χ0) is 10.2. The van der Waals surface area contributed by atoms with Crippen molar-refractivity contribution in [2.75, 3.05) is 19.8 Å². The van der Waals surface area contributed by atoms with Crippen molar-refractivity contribution >= 4 is 0 Å². The summed E-state index contributed by atoms with van der Waals surface area (Å²) >= 11 is 0. The zero-order valence-electron chi connectivity index (χ0n) is 8.65. The lowest BCUT2D eigenvalue weighted by Crippen LogP contribution is -2.08. The van der Waals surface area contributed by atoms with Crippen LogP contribution in [-0.2, 0) is 4.74 Å². The first kappa shape index (κ1) is 11.2. The summed E-state index contributed by atoms with van der Waals surface area (Å²) in [5.74, 6) is 0.211. The van der Waals surface area contributed by atoms with Crippen molar-refractivity contribution in [3.8, 4) is 0 Å². The molecule has 0 radical (unpaired) electrons. The first-order chi connectivity index (χ1) is 6.88. The SMILES string of the molecule is CCOCCC(CO)c1ccccc1. The van der Waals surface area contributed by atoms with Gasteiger partial charge in [0.2, 0.25) is 0 Å². The van der Waals surface area contributed by atoms with Crippen LogP contribution in [0.25, 0.3) is 0 Å². The molecule has 1 N–H and O–H groups in total. The van der Waals surface area contributed by atoms with Gasteiger partial charge in [0.1, 0.15) is 0 Å². The molecule has 1 rings (SSSR count). The Balaban J connectivity index is 2.46. The first-order valence-corrected chi connectivity index (χ1v) is 5.12. The summed E-state index contributed by atoms with van der Waals surface area (Å²) in [6.45, 7) is 3.64. The zero-order valence-corrected chi connectivity index (χ0v) is 8.65. The molecule has 0 fully saturated rings. The van der Waals surface area contributed by atoms with Gasteiger partial charge in [-0.25, -0.2) is 0 Å². The molecule has 1 aromatic rings. The van der Waals surface area contributed by atoms with Gasteiger partial charge in [0, 0.05) is 19.1 Å². The summed E-state index contributed by atoms with van der Waals surface area (Å²) < 4.78 is 5.28. The maximum absolute atomic E-state index is 9.22. The highest BCUT2D eigenvalue weighted by Crippen LogP contribution is 2.18. The topological polar surface area (TPSA) is 29.5 Å². The highest BCUT2D eigenvalue weighted by atomic mass is 16.5. The predicted molar refractivity (Wildman–Crippen MR) is 57.4 cm³/mol. The van der Waals surface area contributed by atoms with Crippen LogP contribution in [0.1, 0.15) is 24.8 Å².